The summed E-state index contributed by atoms with van der Waals surface area (Å²) in [6, 6.07) is 20.5. The van der Waals surface area contributed by atoms with Gasteiger partial charge in [-0.15, -0.1) is 18.3 Å². The molecule has 55 heavy (non-hydrogen) atoms. The fourth-order valence-electron chi connectivity index (χ4n) is 8.42. The minimum atomic E-state index is -1.03. The van der Waals surface area contributed by atoms with Gasteiger partial charge in [0.25, 0.3) is 5.69 Å². The standard InChI is InChI=1S/C43H52N2O8S2/c1-4-24-50-43-40(55-5-2)27-38(44-51-28-29-12-14-31(15-13-29)45(48)49)36-25-30(10-6-8-22-46)35(11-7-9-23-47)41(42(36)43)37-26-33(18-21-39(37)53-43)52-32-16-19-34(54-3)20-17-32/h4,12-21,25-26,30,35,40-42,46-47H,1,5-11,22-24,27-28H2,2-3H3/t30-,35+,40-,41+,42+,43+/m0/s1. The SMILES string of the molecule is C=CCO[C@@]12Oc3ccc(Oc4ccc(SC)cc4)cc3[C@H]3[C@H](CCCCO)[C@@H](CCCCO)C=C(C(=NOCc4ccc([N+](=O)[O-])cc4)C[C@@H]1SCC)[C@H]32. The molecule has 1 aliphatic heterocycles. The number of aliphatic hydroxyl groups excluding tert-OH is 2. The molecular formula is C43H52N2O8S2. The van der Waals surface area contributed by atoms with Gasteiger partial charge in [0, 0.05) is 48.1 Å². The van der Waals surface area contributed by atoms with Crippen LogP contribution < -0.4 is 9.47 Å². The van der Waals surface area contributed by atoms with Gasteiger partial charge in [-0.2, -0.15) is 11.8 Å². The summed E-state index contributed by atoms with van der Waals surface area (Å²) in [5.41, 5.74) is 3.75. The summed E-state index contributed by atoms with van der Waals surface area (Å²) in [7, 11) is 0. The predicted molar refractivity (Wildman–Crippen MR) is 219 cm³/mol. The number of thioether (sulfide) groups is 2. The van der Waals surface area contributed by atoms with E-state index in [0.717, 1.165) is 76.0 Å². The van der Waals surface area contributed by atoms with Crippen LogP contribution in [0.5, 0.6) is 17.2 Å². The molecule has 294 valence electrons. The second-order valence-corrected chi connectivity index (χ2v) is 16.5. The summed E-state index contributed by atoms with van der Waals surface area (Å²) in [5, 5.41) is 35.6. The van der Waals surface area contributed by atoms with Crippen molar-refractivity contribution in [3.8, 4) is 17.2 Å². The lowest BCUT2D eigenvalue weighted by Gasteiger charge is -2.58. The van der Waals surface area contributed by atoms with Gasteiger partial charge < -0.3 is 29.3 Å². The van der Waals surface area contributed by atoms with Gasteiger partial charge in [-0.1, -0.05) is 37.1 Å². The number of hydrogen-bond acceptors (Lipinski definition) is 11. The molecule has 3 aliphatic rings. The minimum absolute atomic E-state index is 0.0245. The molecule has 0 bridgehead atoms. The lowest BCUT2D eigenvalue weighted by atomic mass is 9.56. The average Bonchev–Trinajstić information content (AvgIpc) is 3.20. The lowest BCUT2D eigenvalue weighted by Crippen LogP contribution is -2.64. The number of non-ortho nitro benzene ring substituents is 1. The molecule has 1 heterocycles. The van der Waals surface area contributed by atoms with Crippen LogP contribution in [-0.4, -0.2) is 63.7 Å². The minimum Gasteiger partial charge on any atom is -0.460 e. The van der Waals surface area contributed by atoms with Crippen molar-refractivity contribution in [2.24, 2.45) is 22.9 Å². The van der Waals surface area contributed by atoms with Crippen molar-refractivity contribution in [3.63, 3.8) is 0 Å². The molecule has 0 unspecified atom stereocenters. The van der Waals surface area contributed by atoms with E-state index in [1.54, 1.807) is 41.7 Å². The van der Waals surface area contributed by atoms with Crippen molar-refractivity contribution < 1.29 is 34.2 Å². The van der Waals surface area contributed by atoms with Gasteiger partial charge in [0.1, 0.15) is 23.9 Å². The van der Waals surface area contributed by atoms with Crippen molar-refractivity contribution in [2.45, 2.75) is 80.3 Å². The Balaban J connectivity index is 1.47. The molecule has 2 N–H and O–H groups in total. The van der Waals surface area contributed by atoms with Crippen molar-refractivity contribution in [2.75, 3.05) is 31.8 Å². The molecule has 3 aromatic rings. The molecule has 3 aromatic carbocycles. The fraction of sp³-hybridized carbons (Fsp3) is 0.465. The molecule has 0 amide bonds. The lowest BCUT2D eigenvalue weighted by molar-refractivity contribution is -0.384. The number of benzene rings is 3. The third-order valence-corrected chi connectivity index (χ3v) is 12.8. The first kappa shape index (κ1) is 40.8. The number of aliphatic hydroxyl groups is 2. The van der Waals surface area contributed by atoms with Crippen LogP contribution in [0.3, 0.4) is 0 Å². The first-order valence-electron chi connectivity index (χ1n) is 19.2. The molecule has 10 nitrogen and oxygen atoms in total. The van der Waals surface area contributed by atoms with Gasteiger partial charge in [0.05, 0.1) is 28.4 Å². The molecular weight excluding hydrogens is 737 g/mol. The number of nitrogens with zero attached hydrogens (tertiary/aromatic N) is 2. The number of nitro groups is 1. The molecule has 0 aromatic heterocycles. The van der Waals surface area contributed by atoms with Crippen LogP contribution in [0.4, 0.5) is 5.69 Å². The zero-order chi connectivity index (χ0) is 38.8. The maximum absolute atomic E-state index is 11.2. The summed E-state index contributed by atoms with van der Waals surface area (Å²) in [6.45, 7) is 6.87. The summed E-state index contributed by atoms with van der Waals surface area (Å²) >= 11 is 3.47. The second kappa shape index (κ2) is 19.4. The third-order valence-electron chi connectivity index (χ3n) is 10.8. The Labute approximate surface area is 332 Å². The average molecular weight is 789 g/mol. The highest BCUT2D eigenvalue weighted by Crippen LogP contribution is 2.62. The molecule has 12 heteroatoms. The van der Waals surface area contributed by atoms with E-state index in [1.165, 1.54) is 12.1 Å². The molecule has 0 radical (unpaired) electrons. The number of ether oxygens (including phenoxy) is 3. The van der Waals surface area contributed by atoms with Crippen LogP contribution in [0.2, 0.25) is 0 Å². The Bertz CT molecular complexity index is 1820. The highest BCUT2D eigenvalue weighted by Gasteiger charge is 2.63. The maximum atomic E-state index is 11.2. The molecule has 1 saturated carbocycles. The fourth-order valence-corrected chi connectivity index (χ4v) is 10.0. The van der Waals surface area contributed by atoms with Gasteiger partial charge in [-0.05, 0) is 115 Å². The summed E-state index contributed by atoms with van der Waals surface area (Å²) in [4.78, 5) is 18.0. The largest absolute Gasteiger partial charge is 0.460 e. The first-order chi connectivity index (χ1) is 26.8. The van der Waals surface area contributed by atoms with Crippen molar-refractivity contribution in [1.29, 1.82) is 0 Å². The molecule has 6 atom stereocenters. The van der Waals surface area contributed by atoms with Gasteiger partial charge in [0.15, 0.2) is 0 Å². The summed E-state index contributed by atoms with van der Waals surface area (Å²) in [5.74, 6) is 2.08. The van der Waals surface area contributed by atoms with E-state index in [4.69, 9.17) is 24.2 Å². The Morgan fingerprint density at radius 3 is 2.42 bits per heavy atom. The topological polar surface area (TPSA) is 133 Å². The van der Waals surface area contributed by atoms with E-state index < -0.39 is 10.7 Å². The third kappa shape index (κ3) is 9.26. The van der Waals surface area contributed by atoms with Crippen LogP contribution in [-0.2, 0) is 16.2 Å². The molecule has 6 rings (SSSR count). The van der Waals surface area contributed by atoms with Crippen LogP contribution in [0.1, 0.15) is 68.9 Å². The van der Waals surface area contributed by atoms with E-state index in [2.05, 4.69) is 44.0 Å². The smallest absolute Gasteiger partial charge is 0.269 e. The van der Waals surface area contributed by atoms with E-state index in [1.807, 2.05) is 24.3 Å². The van der Waals surface area contributed by atoms with Crippen LogP contribution in [0, 0.1) is 27.9 Å². The Hall–Kier alpha value is -3.81. The number of unbranched alkanes of at least 4 members (excludes halogenated alkanes) is 2. The Morgan fingerprint density at radius 2 is 1.75 bits per heavy atom. The van der Waals surface area contributed by atoms with Crippen LogP contribution in [0.15, 0.2) is 101 Å². The zero-order valence-electron chi connectivity index (χ0n) is 31.6. The van der Waals surface area contributed by atoms with Gasteiger partial charge in [-0.25, -0.2) is 0 Å². The number of hydrogen-bond donors (Lipinski definition) is 2. The summed E-state index contributed by atoms with van der Waals surface area (Å²) < 4.78 is 20.6. The first-order valence-corrected chi connectivity index (χ1v) is 21.5. The predicted octanol–water partition coefficient (Wildman–Crippen LogP) is 9.70. The second-order valence-electron chi connectivity index (χ2n) is 14.2. The monoisotopic (exact) mass is 788 g/mol. The summed E-state index contributed by atoms with van der Waals surface area (Å²) in [6.07, 6.45) is 11.7. The Kier molecular flexibility index (Phi) is 14.4. The number of oxime groups is 1. The quantitative estimate of drug-likeness (QED) is 0.0375. The number of fused-ring (bicyclic) bond motifs is 2. The number of nitro benzene ring substituents is 1. The molecule has 0 spiro atoms. The number of rotatable bonds is 20. The highest BCUT2D eigenvalue weighted by molar-refractivity contribution is 8.00. The van der Waals surface area contributed by atoms with E-state index in [0.29, 0.717) is 25.9 Å². The zero-order valence-corrected chi connectivity index (χ0v) is 33.3. The van der Waals surface area contributed by atoms with E-state index in [9.17, 15) is 20.3 Å². The van der Waals surface area contributed by atoms with Crippen molar-refractivity contribution in [1.82, 2.24) is 0 Å². The van der Waals surface area contributed by atoms with Crippen molar-refractivity contribution >= 4 is 34.9 Å². The number of allylic oxidation sites excluding steroid dienone is 1. The van der Waals surface area contributed by atoms with E-state index >= 15 is 0 Å². The molecule has 2 aliphatic carbocycles. The normalized spacial score (nSPS) is 24.6. The molecule has 1 fully saturated rings. The Morgan fingerprint density at radius 1 is 1.02 bits per heavy atom. The van der Waals surface area contributed by atoms with Crippen molar-refractivity contribution in [3.05, 3.63) is 112 Å². The van der Waals surface area contributed by atoms with Crippen LogP contribution in [0.25, 0.3) is 0 Å². The highest BCUT2D eigenvalue weighted by atomic mass is 32.2. The van der Waals surface area contributed by atoms with Gasteiger partial charge >= 0.3 is 0 Å². The molecule has 0 saturated heterocycles. The van der Waals surface area contributed by atoms with Gasteiger partial charge in [-0.3, -0.25) is 10.1 Å². The van der Waals surface area contributed by atoms with Gasteiger partial charge in [0.2, 0.25) is 5.79 Å². The van der Waals surface area contributed by atoms with Crippen LogP contribution >= 0.6 is 23.5 Å². The van der Waals surface area contributed by atoms with E-state index in [-0.39, 0.29) is 54.4 Å². The maximum Gasteiger partial charge on any atom is 0.269 e.